The average molecular weight is 271 g/mol. The summed E-state index contributed by atoms with van der Waals surface area (Å²) in [5, 5.41) is 5.12. The quantitative estimate of drug-likeness (QED) is 0.280. The molecule has 2 N–H and O–H groups in total. The van der Waals surface area contributed by atoms with Crippen molar-refractivity contribution in [2.75, 3.05) is 20.2 Å². The zero-order valence-corrected chi connectivity index (χ0v) is 11.4. The fourth-order valence-corrected chi connectivity index (χ4v) is 1.40. The Kier molecular flexibility index (Phi) is 10.1. The molecule has 0 rings (SSSR count). The summed E-state index contributed by atoms with van der Waals surface area (Å²) in [4.78, 5) is 35.6. The Hall–Kier alpha value is -1.88. The van der Waals surface area contributed by atoms with Gasteiger partial charge in [-0.3, -0.25) is 0 Å². The second-order valence-electron chi connectivity index (χ2n) is 4.03. The molecule has 1 atom stereocenters. The van der Waals surface area contributed by atoms with Crippen molar-refractivity contribution in [3.63, 3.8) is 0 Å². The molecule has 0 saturated carbocycles. The third-order valence-electron chi connectivity index (χ3n) is 2.45. The van der Waals surface area contributed by atoms with E-state index in [4.69, 9.17) is 0 Å². The second-order valence-corrected chi connectivity index (χ2v) is 4.03. The van der Waals surface area contributed by atoms with E-state index in [0.29, 0.717) is 13.1 Å². The summed E-state index contributed by atoms with van der Waals surface area (Å²) in [6.07, 6.45) is 5.07. The minimum absolute atomic E-state index is 0.386. The van der Waals surface area contributed by atoms with Gasteiger partial charge in [-0.25, -0.2) is 19.4 Å². The van der Waals surface area contributed by atoms with Gasteiger partial charge in [0.1, 0.15) is 6.04 Å². The lowest BCUT2D eigenvalue weighted by atomic mass is 10.2. The van der Waals surface area contributed by atoms with Crippen molar-refractivity contribution in [2.45, 2.75) is 38.6 Å². The first-order valence-electron chi connectivity index (χ1n) is 6.27. The van der Waals surface area contributed by atoms with E-state index in [9.17, 15) is 14.4 Å². The molecule has 108 valence electrons. The molecule has 0 aliphatic heterocycles. The van der Waals surface area contributed by atoms with Crippen LogP contribution < -0.4 is 10.6 Å². The van der Waals surface area contributed by atoms with E-state index in [0.717, 1.165) is 25.7 Å². The Morgan fingerprint density at radius 1 is 1.26 bits per heavy atom. The topological polar surface area (TPSA) is 96.9 Å². The fourth-order valence-electron chi connectivity index (χ4n) is 1.40. The van der Waals surface area contributed by atoms with Gasteiger partial charge >= 0.3 is 12.0 Å². The summed E-state index contributed by atoms with van der Waals surface area (Å²) in [5.74, 6) is -0.481. The number of nitrogens with zero attached hydrogens (tertiary/aromatic N) is 1. The first-order valence-corrected chi connectivity index (χ1v) is 6.27. The van der Waals surface area contributed by atoms with Gasteiger partial charge in [-0.1, -0.05) is 12.8 Å². The molecule has 0 heterocycles. The summed E-state index contributed by atoms with van der Waals surface area (Å²) in [7, 11) is 1.27. The first kappa shape index (κ1) is 17.1. The molecular weight excluding hydrogens is 250 g/mol. The van der Waals surface area contributed by atoms with Crippen LogP contribution in [0.2, 0.25) is 0 Å². The second kappa shape index (κ2) is 11.2. The lowest BCUT2D eigenvalue weighted by molar-refractivity contribution is -0.142. The van der Waals surface area contributed by atoms with Crippen molar-refractivity contribution in [1.29, 1.82) is 0 Å². The highest BCUT2D eigenvalue weighted by atomic mass is 16.5. The number of amides is 2. The zero-order chi connectivity index (χ0) is 14.5. The van der Waals surface area contributed by atoms with Crippen molar-refractivity contribution < 1.29 is 19.1 Å². The number of urea groups is 1. The van der Waals surface area contributed by atoms with Crippen molar-refractivity contribution in [3.05, 3.63) is 0 Å². The SMILES string of the molecule is COC(=O)[C@H](C)NC(=O)NCCCCCCN=C=O. The standard InChI is InChI=1S/C12H21N3O4/c1-10(11(17)19-2)15-12(18)14-8-6-4-3-5-7-13-9-16/h10H,3-8H2,1-2H3,(H2,14,15,18)/t10-/m0/s1. The number of aliphatic imine (C=N–C) groups is 1. The fraction of sp³-hybridized carbons (Fsp3) is 0.750. The molecule has 7 heteroatoms. The molecule has 0 aromatic rings. The predicted molar refractivity (Wildman–Crippen MR) is 69.5 cm³/mol. The predicted octanol–water partition coefficient (Wildman–Crippen LogP) is 0.743. The first-order chi connectivity index (χ1) is 9.11. The minimum Gasteiger partial charge on any atom is -0.467 e. The summed E-state index contributed by atoms with van der Waals surface area (Å²) in [5.41, 5.74) is 0. The molecule has 19 heavy (non-hydrogen) atoms. The Morgan fingerprint density at radius 3 is 2.58 bits per heavy atom. The van der Waals surface area contributed by atoms with E-state index in [1.807, 2.05) is 0 Å². The summed E-state index contributed by atoms with van der Waals surface area (Å²) in [6.45, 7) is 2.60. The van der Waals surface area contributed by atoms with Crippen molar-refractivity contribution in [1.82, 2.24) is 10.6 Å². The van der Waals surface area contributed by atoms with Crippen LogP contribution in [0.15, 0.2) is 4.99 Å². The maximum Gasteiger partial charge on any atom is 0.328 e. The summed E-state index contributed by atoms with van der Waals surface area (Å²) < 4.78 is 4.49. The minimum atomic E-state index is -0.661. The largest absolute Gasteiger partial charge is 0.467 e. The summed E-state index contributed by atoms with van der Waals surface area (Å²) in [6, 6.07) is -1.05. The van der Waals surface area contributed by atoms with Crippen LogP contribution in [0, 0.1) is 0 Å². The van der Waals surface area contributed by atoms with E-state index in [2.05, 4.69) is 20.4 Å². The van der Waals surface area contributed by atoms with E-state index in [1.54, 1.807) is 6.92 Å². The molecule has 0 unspecified atom stereocenters. The Balaban J connectivity index is 3.48. The van der Waals surface area contributed by atoms with Crippen LogP contribution in [0.4, 0.5) is 4.79 Å². The van der Waals surface area contributed by atoms with Gasteiger partial charge in [0.25, 0.3) is 0 Å². The van der Waals surface area contributed by atoms with E-state index in [-0.39, 0.29) is 6.03 Å². The van der Waals surface area contributed by atoms with Gasteiger partial charge in [0.05, 0.1) is 13.7 Å². The van der Waals surface area contributed by atoms with Crippen LogP contribution >= 0.6 is 0 Å². The van der Waals surface area contributed by atoms with Crippen LogP contribution in [0.1, 0.15) is 32.6 Å². The monoisotopic (exact) mass is 271 g/mol. The number of hydrogen-bond acceptors (Lipinski definition) is 5. The van der Waals surface area contributed by atoms with Crippen molar-refractivity contribution in [2.24, 2.45) is 4.99 Å². The number of carbonyl (C=O) groups is 2. The lowest BCUT2D eigenvalue weighted by Crippen LogP contribution is -2.45. The van der Waals surface area contributed by atoms with E-state index in [1.165, 1.54) is 13.2 Å². The van der Waals surface area contributed by atoms with Crippen LogP contribution in [0.5, 0.6) is 0 Å². The maximum absolute atomic E-state index is 11.4. The lowest BCUT2D eigenvalue weighted by Gasteiger charge is -2.12. The van der Waals surface area contributed by atoms with Crippen LogP contribution in [0.3, 0.4) is 0 Å². The highest BCUT2D eigenvalue weighted by Gasteiger charge is 2.14. The number of unbranched alkanes of at least 4 members (excludes halogenated alkanes) is 3. The van der Waals surface area contributed by atoms with Crippen molar-refractivity contribution >= 4 is 18.1 Å². The van der Waals surface area contributed by atoms with Gasteiger partial charge in [-0.2, -0.15) is 0 Å². The van der Waals surface area contributed by atoms with E-state index < -0.39 is 12.0 Å². The Bertz CT molecular complexity index is 327. The molecule has 0 radical (unpaired) electrons. The molecule has 0 aliphatic carbocycles. The number of nitrogens with one attached hydrogen (secondary N) is 2. The number of rotatable bonds is 9. The number of ether oxygens (including phenoxy) is 1. The maximum atomic E-state index is 11.4. The average Bonchev–Trinajstić information content (AvgIpc) is 2.40. The van der Waals surface area contributed by atoms with Gasteiger partial charge in [-0.15, -0.1) is 0 Å². The molecule has 0 bridgehead atoms. The third-order valence-corrected chi connectivity index (χ3v) is 2.45. The molecule has 0 aromatic heterocycles. The van der Waals surface area contributed by atoms with Gasteiger partial charge in [0.2, 0.25) is 6.08 Å². The van der Waals surface area contributed by atoms with Crippen LogP contribution in [-0.4, -0.2) is 44.3 Å². The highest BCUT2D eigenvalue weighted by molar-refractivity contribution is 5.83. The molecule has 2 amide bonds. The number of methoxy groups -OCH3 is 1. The van der Waals surface area contributed by atoms with Crippen LogP contribution in [-0.2, 0) is 14.3 Å². The van der Waals surface area contributed by atoms with Gasteiger partial charge in [0, 0.05) is 6.54 Å². The third kappa shape index (κ3) is 9.79. The van der Waals surface area contributed by atoms with Gasteiger partial charge in [-0.05, 0) is 19.8 Å². The van der Waals surface area contributed by atoms with Gasteiger partial charge < -0.3 is 15.4 Å². The van der Waals surface area contributed by atoms with E-state index >= 15 is 0 Å². The van der Waals surface area contributed by atoms with Gasteiger partial charge in [0.15, 0.2) is 0 Å². The Labute approximate surface area is 112 Å². The Morgan fingerprint density at radius 2 is 1.95 bits per heavy atom. The molecule has 0 spiro atoms. The molecule has 0 aliphatic rings. The number of isocyanates is 1. The number of hydrogen-bond donors (Lipinski definition) is 2. The molecule has 0 saturated heterocycles. The number of carbonyl (C=O) groups excluding carboxylic acids is 3. The molecule has 7 nitrogen and oxygen atoms in total. The number of esters is 1. The van der Waals surface area contributed by atoms with Crippen molar-refractivity contribution in [3.8, 4) is 0 Å². The smallest absolute Gasteiger partial charge is 0.328 e. The normalized spacial score (nSPS) is 11.1. The zero-order valence-electron chi connectivity index (χ0n) is 11.4. The van der Waals surface area contributed by atoms with Crippen LogP contribution in [0.25, 0.3) is 0 Å². The summed E-state index contributed by atoms with van der Waals surface area (Å²) >= 11 is 0. The highest BCUT2D eigenvalue weighted by Crippen LogP contribution is 1.98. The molecule has 0 aromatic carbocycles. The molecular formula is C12H21N3O4. The molecule has 0 fully saturated rings.